The van der Waals surface area contributed by atoms with Gasteiger partial charge < -0.3 is 9.88 Å². The van der Waals surface area contributed by atoms with Gasteiger partial charge in [-0.25, -0.2) is 0 Å². The highest BCUT2D eigenvalue weighted by Gasteiger charge is 2.36. The molecule has 1 aromatic carbocycles. The molecular weight excluding hydrogens is 373 g/mol. The largest absolute Gasteiger partial charge is 0.502 e. The van der Waals surface area contributed by atoms with Crippen LogP contribution >= 0.6 is 8.03 Å². The van der Waals surface area contributed by atoms with E-state index in [4.69, 9.17) is 9.46 Å². The summed E-state index contributed by atoms with van der Waals surface area (Å²) < 4.78 is 9.15. The molecule has 2 heterocycles. The van der Waals surface area contributed by atoms with Gasteiger partial charge in [0.15, 0.2) is 6.66 Å². The van der Waals surface area contributed by atoms with E-state index in [9.17, 15) is 4.79 Å². The fraction of sp³-hybridized carbons (Fsp3) is 0.476. The Morgan fingerprint density at radius 1 is 1.36 bits per heavy atom. The fourth-order valence-corrected chi connectivity index (χ4v) is 4.38. The number of hydrogen-bond acceptors (Lipinski definition) is 3. The quantitative estimate of drug-likeness (QED) is 0.773. The second kappa shape index (κ2) is 8.56. The van der Waals surface area contributed by atoms with Crippen molar-refractivity contribution in [3.8, 4) is 0 Å². The Bertz CT molecular complexity index is 913. The molecule has 1 amide bonds. The van der Waals surface area contributed by atoms with Crippen LogP contribution in [0, 0.1) is 5.92 Å². The van der Waals surface area contributed by atoms with E-state index < -0.39 is 8.03 Å². The molecule has 1 aliphatic carbocycles. The Morgan fingerprint density at radius 3 is 2.68 bits per heavy atom. The average molecular weight is 402 g/mol. The van der Waals surface area contributed by atoms with Crippen molar-refractivity contribution in [2.75, 3.05) is 33.3 Å². The van der Waals surface area contributed by atoms with Crippen molar-refractivity contribution >= 4 is 30.4 Å². The zero-order chi connectivity index (χ0) is 20.4. The van der Waals surface area contributed by atoms with E-state index in [0.717, 1.165) is 26.1 Å². The molecule has 4 rings (SSSR count). The van der Waals surface area contributed by atoms with E-state index in [-0.39, 0.29) is 11.8 Å². The molecule has 0 saturated heterocycles. The summed E-state index contributed by atoms with van der Waals surface area (Å²) >= 11 is 0. The van der Waals surface area contributed by atoms with Gasteiger partial charge in [-0.05, 0) is 54.6 Å². The molecule has 0 fully saturated rings. The molecule has 150 valence electrons. The minimum absolute atomic E-state index is 0.0445. The number of aromatic amines is 1. The third-order valence-electron chi connectivity index (χ3n) is 5.66. The number of aromatic nitrogens is 1. The van der Waals surface area contributed by atoms with E-state index in [1.807, 2.05) is 4.90 Å². The first-order valence-corrected chi connectivity index (χ1v) is 11.4. The van der Waals surface area contributed by atoms with Gasteiger partial charge in [0.1, 0.15) is 0 Å². The first-order chi connectivity index (χ1) is 13.4. The minimum Gasteiger partial charge on any atom is -0.361 e. The Kier molecular flexibility index (Phi) is 6.33. The zero-order valence-electron chi connectivity index (χ0n) is 17.0. The van der Waals surface area contributed by atoms with Crippen molar-refractivity contribution < 1.29 is 14.3 Å². The van der Waals surface area contributed by atoms with Crippen molar-refractivity contribution in [2.45, 2.75) is 26.3 Å². The average Bonchev–Trinajstić information content (AvgIpc) is 3.07. The zero-order valence-corrected chi connectivity index (χ0v) is 17.9. The number of amides is 1. The predicted molar refractivity (Wildman–Crippen MR) is 114 cm³/mol. The van der Waals surface area contributed by atoms with Crippen LogP contribution in [0.25, 0.3) is 16.5 Å². The highest BCUT2D eigenvalue weighted by Crippen LogP contribution is 2.40. The first kappa shape index (κ1) is 20.7. The molecule has 2 aliphatic rings. The van der Waals surface area contributed by atoms with E-state index in [2.05, 4.69) is 61.3 Å². The van der Waals surface area contributed by atoms with E-state index in [0.29, 0.717) is 6.04 Å². The van der Waals surface area contributed by atoms with E-state index in [1.165, 1.54) is 34.3 Å². The number of rotatable bonds is 3. The van der Waals surface area contributed by atoms with Gasteiger partial charge in [-0.15, -0.1) is 0 Å². The number of H-pyrrole nitrogens is 1. The van der Waals surface area contributed by atoms with E-state index in [1.54, 1.807) is 0 Å². The molecule has 3 atom stereocenters. The van der Waals surface area contributed by atoms with Crippen LogP contribution in [0.5, 0.6) is 0 Å². The van der Waals surface area contributed by atoms with Crippen molar-refractivity contribution in [1.82, 2.24) is 14.8 Å². The maximum Gasteiger partial charge on any atom is 0.502 e. The molecule has 2 N–H and O–H groups in total. The van der Waals surface area contributed by atoms with Crippen molar-refractivity contribution in [3.05, 3.63) is 41.6 Å². The fourth-order valence-electron chi connectivity index (χ4n) is 4.38. The van der Waals surface area contributed by atoms with Crippen LogP contribution in [0.3, 0.4) is 0 Å². The molecule has 7 heteroatoms. The van der Waals surface area contributed by atoms with Gasteiger partial charge in [0.25, 0.3) is 0 Å². The van der Waals surface area contributed by atoms with Gasteiger partial charge in [0.2, 0.25) is 5.91 Å². The van der Waals surface area contributed by atoms with Gasteiger partial charge in [-0.2, -0.15) is 4.89 Å². The summed E-state index contributed by atoms with van der Waals surface area (Å²) in [5.74, 6) is 0.210. The number of carbonyl (C=O) groups is 1. The van der Waals surface area contributed by atoms with E-state index >= 15 is 0 Å². The van der Waals surface area contributed by atoms with Gasteiger partial charge in [0, 0.05) is 42.8 Å². The van der Waals surface area contributed by atoms with Crippen LogP contribution in [0.2, 0.25) is 0 Å². The van der Waals surface area contributed by atoms with Crippen LogP contribution in [-0.4, -0.2) is 65.0 Å². The summed E-state index contributed by atoms with van der Waals surface area (Å²) in [5, 5.41) is 1.34. The second-order valence-corrected chi connectivity index (χ2v) is 8.33. The molecule has 1 aromatic heterocycles. The Hall–Kier alpha value is -2.01. The summed E-state index contributed by atoms with van der Waals surface area (Å²) in [5.41, 5.74) is 5.21. The highest BCUT2D eigenvalue weighted by molar-refractivity contribution is 7.36. The number of likely N-dealkylation sites (N-methyl/N-ethyl adjacent to an activating group) is 1. The summed E-state index contributed by atoms with van der Waals surface area (Å²) in [6.45, 7) is 7.70. The van der Waals surface area contributed by atoms with Crippen LogP contribution < -0.4 is 0 Å². The van der Waals surface area contributed by atoms with Crippen molar-refractivity contribution in [2.24, 2.45) is 5.92 Å². The minimum atomic E-state index is -1.87. The SMILES string of the molecule is CCN(CC)C(=O)[C@@H]1C=C2c3cccc4[nH]cc(c34)C[C@H]2N(C)C1.C[P+](=O)O. The Balaban J connectivity index is 0.000000516. The Morgan fingerprint density at radius 2 is 2.04 bits per heavy atom. The second-order valence-electron chi connectivity index (χ2n) is 7.40. The van der Waals surface area contributed by atoms with Crippen LogP contribution in [-0.2, 0) is 15.8 Å². The van der Waals surface area contributed by atoms with Crippen molar-refractivity contribution in [3.63, 3.8) is 0 Å². The molecule has 0 spiro atoms. The molecule has 6 nitrogen and oxygen atoms in total. The molecule has 28 heavy (non-hydrogen) atoms. The number of nitrogens with zero attached hydrogens (tertiary/aromatic N) is 2. The molecule has 1 unspecified atom stereocenters. The maximum atomic E-state index is 12.9. The molecule has 0 radical (unpaired) electrons. The van der Waals surface area contributed by atoms with Crippen LogP contribution in [0.15, 0.2) is 30.5 Å². The smallest absolute Gasteiger partial charge is 0.361 e. The van der Waals surface area contributed by atoms with Gasteiger partial charge in [-0.1, -0.05) is 18.2 Å². The monoisotopic (exact) mass is 402 g/mol. The standard InChI is InChI=1S/C20H25N3O.CH3O2P/c1-4-23(5-2)20(24)14-9-16-15-7-6-8-17-19(15)13(11-21-17)10-18(16)22(3)12-14;1-4(2)3/h6-9,11,14,18,21H,4-5,10,12H2,1-3H3;1H3/p+1/t14-,18-;/m1./s1. The maximum absolute atomic E-state index is 12.9. The summed E-state index contributed by atoms with van der Waals surface area (Å²) in [6, 6.07) is 6.82. The third kappa shape index (κ3) is 3.90. The summed E-state index contributed by atoms with van der Waals surface area (Å²) in [7, 11) is 0.280. The summed E-state index contributed by atoms with van der Waals surface area (Å²) in [6.07, 6.45) is 5.41. The topological polar surface area (TPSA) is 76.6 Å². The molecule has 2 aromatic rings. The third-order valence-corrected chi connectivity index (χ3v) is 5.66. The number of hydrogen-bond donors (Lipinski definition) is 2. The normalized spacial score (nSPS) is 21.3. The molecule has 1 aliphatic heterocycles. The molecule has 0 bridgehead atoms. The lowest BCUT2D eigenvalue weighted by Gasteiger charge is -2.40. The lowest BCUT2D eigenvalue weighted by molar-refractivity contribution is -0.134. The van der Waals surface area contributed by atoms with Gasteiger partial charge in [-0.3, -0.25) is 9.69 Å². The van der Waals surface area contributed by atoms with Crippen LogP contribution in [0.4, 0.5) is 0 Å². The lowest BCUT2D eigenvalue weighted by Crippen LogP contribution is -2.47. The Labute approximate surface area is 167 Å². The van der Waals surface area contributed by atoms with Gasteiger partial charge in [0.05, 0.1) is 5.92 Å². The number of benzene rings is 1. The number of nitrogens with one attached hydrogen (secondary N) is 1. The lowest BCUT2D eigenvalue weighted by atomic mass is 9.79. The molecular formula is C21H29N3O3P+. The van der Waals surface area contributed by atoms with Crippen molar-refractivity contribution in [1.29, 1.82) is 0 Å². The first-order valence-electron chi connectivity index (χ1n) is 9.77. The van der Waals surface area contributed by atoms with Gasteiger partial charge >= 0.3 is 8.03 Å². The summed E-state index contributed by atoms with van der Waals surface area (Å²) in [4.78, 5) is 28.1. The van der Waals surface area contributed by atoms with Crippen LogP contribution in [0.1, 0.15) is 25.0 Å². The number of carbonyl (C=O) groups excluding carboxylic acids is 1. The number of fused-ring (bicyclic) bond motifs is 2. The molecule has 0 saturated carbocycles. The highest BCUT2D eigenvalue weighted by atomic mass is 31.1. The predicted octanol–water partition coefficient (Wildman–Crippen LogP) is 3.26.